The van der Waals surface area contributed by atoms with E-state index < -0.39 is 0 Å². The molecule has 1 atom stereocenters. The van der Waals surface area contributed by atoms with Gasteiger partial charge in [-0.05, 0) is 31.2 Å². The van der Waals surface area contributed by atoms with Crippen LogP contribution in [0.25, 0.3) is 11.5 Å². The third kappa shape index (κ3) is 3.26. The number of carbonyl (C=O) groups is 1. The fraction of sp³-hybridized carbons (Fsp3) is 0.200. The van der Waals surface area contributed by atoms with E-state index in [0.29, 0.717) is 30.6 Å². The number of aromatic nitrogens is 1. The van der Waals surface area contributed by atoms with E-state index in [1.54, 1.807) is 6.92 Å². The fourth-order valence-corrected chi connectivity index (χ4v) is 2.77. The second kappa shape index (κ2) is 6.92. The molecule has 0 bridgehead atoms. The lowest BCUT2D eigenvalue weighted by Crippen LogP contribution is -2.41. The van der Waals surface area contributed by atoms with Gasteiger partial charge >= 0.3 is 0 Å². The summed E-state index contributed by atoms with van der Waals surface area (Å²) in [6.45, 7) is 2.43. The summed E-state index contributed by atoms with van der Waals surface area (Å²) in [5.41, 5.74) is 1.11. The Morgan fingerprint density at radius 2 is 1.85 bits per heavy atom. The minimum atomic E-state index is -0.295. The van der Waals surface area contributed by atoms with Crippen LogP contribution in [0.1, 0.15) is 16.2 Å². The molecule has 0 aliphatic carbocycles. The number of hydrogen-bond acceptors (Lipinski definition) is 5. The van der Waals surface area contributed by atoms with Gasteiger partial charge in [0.1, 0.15) is 18.5 Å². The molecule has 1 N–H and O–H groups in total. The third-order valence-corrected chi connectivity index (χ3v) is 4.09. The highest BCUT2D eigenvalue weighted by Gasteiger charge is 2.23. The van der Waals surface area contributed by atoms with Crippen molar-refractivity contribution >= 4 is 5.91 Å². The molecule has 0 fully saturated rings. The summed E-state index contributed by atoms with van der Waals surface area (Å²) >= 11 is 0. The Kier molecular flexibility index (Phi) is 4.31. The molecule has 1 unspecified atom stereocenters. The van der Waals surface area contributed by atoms with Crippen molar-refractivity contribution in [2.75, 3.05) is 13.2 Å². The van der Waals surface area contributed by atoms with Gasteiger partial charge in [-0.2, -0.15) is 0 Å². The molecule has 4 rings (SSSR count). The van der Waals surface area contributed by atoms with Crippen molar-refractivity contribution in [2.45, 2.75) is 13.0 Å². The Bertz CT molecular complexity index is 921. The third-order valence-electron chi connectivity index (χ3n) is 4.09. The smallest absolute Gasteiger partial charge is 0.273 e. The maximum Gasteiger partial charge on any atom is 0.273 e. The van der Waals surface area contributed by atoms with Crippen LogP contribution >= 0.6 is 0 Å². The average molecular weight is 350 g/mol. The quantitative estimate of drug-likeness (QED) is 0.782. The molecule has 0 saturated heterocycles. The number of aryl methyl sites for hydroxylation is 1. The summed E-state index contributed by atoms with van der Waals surface area (Å²) in [6, 6.07) is 17.0. The molecule has 1 aliphatic heterocycles. The molecule has 0 radical (unpaired) electrons. The minimum Gasteiger partial charge on any atom is -0.486 e. The first-order valence-electron chi connectivity index (χ1n) is 8.40. The first kappa shape index (κ1) is 16.2. The number of ether oxygens (including phenoxy) is 2. The number of rotatable bonds is 4. The van der Waals surface area contributed by atoms with E-state index in [9.17, 15) is 4.79 Å². The molecule has 0 saturated carbocycles. The Hall–Kier alpha value is -3.28. The van der Waals surface area contributed by atoms with Crippen LogP contribution in [0, 0.1) is 6.92 Å². The topological polar surface area (TPSA) is 73.6 Å². The first-order chi connectivity index (χ1) is 12.7. The van der Waals surface area contributed by atoms with E-state index in [1.165, 1.54) is 0 Å². The normalized spacial score (nSPS) is 15.5. The Morgan fingerprint density at radius 3 is 2.65 bits per heavy atom. The van der Waals surface area contributed by atoms with E-state index in [2.05, 4.69) is 10.3 Å². The molecule has 2 heterocycles. The van der Waals surface area contributed by atoms with Gasteiger partial charge in [0.25, 0.3) is 5.91 Å². The summed E-state index contributed by atoms with van der Waals surface area (Å²) in [6.07, 6.45) is -0.255. The van der Waals surface area contributed by atoms with E-state index in [-0.39, 0.29) is 17.7 Å². The number of nitrogens with one attached hydrogen (secondary N) is 1. The zero-order valence-electron chi connectivity index (χ0n) is 14.3. The second-order valence-corrected chi connectivity index (χ2v) is 6.00. The molecule has 3 aromatic rings. The maximum absolute atomic E-state index is 12.5. The number of amides is 1. The molecule has 6 heteroatoms. The van der Waals surface area contributed by atoms with Crippen molar-refractivity contribution in [3.8, 4) is 23.0 Å². The molecule has 2 aromatic carbocycles. The van der Waals surface area contributed by atoms with Gasteiger partial charge in [-0.25, -0.2) is 4.98 Å². The van der Waals surface area contributed by atoms with Crippen LogP contribution in [0.2, 0.25) is 0 Å². The Labute approximate surface area is 150 Å². The number of fused-ring (bicyclic) bond motifs is 1. The monoisotopic (exact) mass is 350 g/mol. The van der Waals surface area contributed by atoms with Crippen LogP contribution in [-0.2, 0) is 0 Å². The van der Waals surface area contributed by atoms with Crippen LogP contribution in [0.5, 0.6) is 11.5 Å². The molecular formula is C20H18N2O4. The average Bonchev–Trinajstić information content (AvgIpc) is 3.08. The molecule has 26 heavy (non-hydrogen) atoms. The fourth-order valence-electron chi connectivity index (χ4n) is 2.77. The molecular weight excluding hydrogens is 332 g/mol. The van der Waals surface area contributed by atoms with Crippen molar-refractivity contribution in [1.29, 1.82) is 0 Å². The lowest BCUT2D eigenvalue weighted by atomic mass is 10.2. The summed E-state index contributed by atoms with van der Waals surface area (Å²) in [5, 5.41) is 2.84. The summed E-state index contributed by atoms with van der Waals surface area (Å²) in [5.74, 6) is 2.01. The number of nitrogens with zero attached hydrogens (tertiary/aromatic N) is 1. The van der Waals surface area contributed by atoms with E-state index in [0.717, 1.165) is 11.3 Å². The van der Waals surface area contributed by atoms with Crippen LogP contribution in [0.4, 0.5) is 0 Å². The summed E-state index contributed by atoms with van der Waals surface area (Å²) in [4.78, 5) is 16.8. The lowest BCUT2D eigenvalue weighted by molar-refractivity contribution is 0.0786. The molecule has 132 valence electrons. The summed E-state index contributed by atoms with van der Waals surface area (Å²) in [7, 11) is 0. The van der Waals surface area contributed by atoms with E-state index in [1.807, 2.05) is 54.6 Å². The number of para-hydroxylation sites is 2. The Morgan fingerprint density at radius 1 is 1.12 bits per heavy atom. The lowest BCUT2D eigenvalue weighted by Gasteiger charge is -2.26. The predicted octanol–water partition coefficient (Wildman–Crippen LogP) is 3.22. The van der Waals surface area contributed by atoms with Crippen molar-refractivity contribution < 1.29 is 18.7 Å². The maximum atomic E-state index is 12.5. The van der Waals surface area contributed by atoms with Gasteiger partial charge in [-0.1, -0.05) is 30.3 Å². The van der Waals surface area contributed by atoms with Gasteiger partial charge in [-0.15, -0.1) is 0 Å². The standard InChI is InChI=1S/C20H18N2O4/c1-13-18(22-20(25-13)14-7-3-2-4-8-14)19(23)21-11-15-12-24-16-9-5-6-10-17(16)26-15/h2-10,15H,11-12H2,1H3,(H,21,23). The molecule has 1 aromatic heterocycles. The highest BCUT2D eigenvalue weighted by atomic mass is 16.6. The largest absolute Gasteiger partial charge is 0.486 e. The van der Waals surface area contributed by atoms with Gasteiger partial charge in [0.05, 0.1) is 6.54 Å². The highest BCUT2D eigenvalue weighted by Crippen LogP contribution is 2.30. The summed E-state index contributed by atoms with van der Waals surface area (Å²) < 4.78 is 17.1. The van der Waals surface area contributed by atoms with Crippen molar-refractivity contribution in [3.63, 3.8) is 0 Å². The Balaban J connectivity index is 1.41. The van der Waals surface area contributed by atoms with Gasteiger partial charge in [0.2, 0.25) is 5.89 Å². The van der Waals surface area contributed by atoms with Gasteiger partial charge in [0, 0.05) is 5.56 Å². The van der Waals surface area contributed by atoms with Crippen molar-refractivity contribution in [2.24, 2.45) is 0 Å². The number of benzene rings is 2. The van der Waals surface area contributed by atoms with Crippen LogP contribution in [0.15, 0.2) is 59.0 Å². The van der Waals surface area contributed by atoms with Gasteiger partial charge in [0.15, 0.2) is 17.2 Å². The second-order valence-electron chi connectivity index (χ2n) is 6.00. The molecule has 1 amide bonds. The zero-order valence-corrected chi connectivity index (χ0v) is 14.3. The number of oxazole rings is 1. The van der Waals surface area contributed by atoms with Gasteiger partial charge < -0.3 is 19.2 Å². The highest BCUT2D eigenvalue weighted by molar-refractivity contribution is 5.93. The first-order valence-corrected chi connectivity index (χ1v) is 8.40. The van der Waals surface area contributed by atoms with E-state index in [4.69, 9.17) is 13.9 Å². The van der Waals surface area contributed by atoms with Crippen molar-refractivity contribution in [1.82, 2.24) is 10.3 Å². The van der Waals surface area contributed by atoms with E-state index >= 15 is 0 Å². The zero-order chi connectivity index (χ0) is 17.9. The number of hydrogen-bond donors (Lipinski definition) is 1. The molecule has 0 spiro atoms. The van der Waals surface area contributed by atoms with Crippen LogP contribution < -0.4 is 14.8 Å². The molecule has 1 aliphatic rings. The SMILES string of the molecule is Cc1oc(-c2ccccc2)nc1C(=O)NCC1COc2ccccc2O1. The van der Waals surface area contributed by atoms with Gasteiger partial charge in [-0.3, -0.25) is 4.79 Å². The van der Waals surface area contributed by atoms with Crippen LogP contribution in [0.3, 0.4) is 0 Å². The minimum absolute atomic E-state index is 0.255. The molecule has 6 nitrogen and oxygen atoms in total. The van der Waals surface area contributed by atoms with Crippen LogP contribution in [-0.4, -0.2) is 30.1 Å². The predicted molar refractivity (Wildman–Crippen MR) is 95.4 cm³/mol. The van der Waals surface area contributed by atoms with Crippen molar-refractivity contribution in [3.05, 3.63) is 66.1 Å². The number of carbonyl (C=O) groups excluding carboxylic acids is 1.